The fraction of sp³-hybridized carbons (Fsp3) is 0.700. The number of carbonyl (C=O) groups excluding carboxylic acids is 2. The van der Waals surface area contributed by atoms with Gasteiger partial charge in [-0.25, -0.2) is 4.98 Å². The number of carbonyl (C=O) groups is 2. The minimum absolute atomic E-state index is 0.0550. The molecule has 0 aliphatic carbocycles. The average Bonchev–Trinajstić information content (AvgIpc) is 3.19. The molecule has 1 aliphatic rings. The lowest BCUT2D eigenvalue weighted by Gasteiger charge is -2.37. The molecule has 4 atom stereocenters. The topological polar surface area (TPSA) is 139 Å². The van der Waals surface area contributed by atoms with Crippen molar-refractivity contribution in [1.82, 2.24) is 9.55 Å². The van der Waals surface area contributed by atoms with Crippen molar-refractivity contribution in [1.29, 1.82) is 5.26 Å². The van der Waals surface area contributed by atoms with Gasteiger partial charge in [-0.05, 0) is 18.1 Å². The lowest BCUT2D eigenvalue weighted by atomic mass is 10.2. The van der Waals surface area contributed by atoms with Crippen molar-refractivity contribution in [2.45, 2.75) is 83.7 Å². The van der Waals surface area contributed by atoms with E-state index in [1.54, 1.807) is 4.57 Å². The molecular weight excluding hydrogens is 420 g/mol. The van der Waals surface area contributed by atoms with Gasteiger partial charge in [0.15, 0.2) is 14.4 Å². The highest BCUT2D eigenvalue weighted by molar-refractivity contribution is 6.74. The van der Waals surface area contributed by atoms with Gasteiger partial charge in [-0.15, -0.1) is 0 Å². The third-order valence-electron chi connectivity index (χ3n) is 5.71. The van der Waals surface area contributed by atoms with Gasteiger partial charge in [-0.1, -0.05) is 20.8 Å². The number of hydrogen-bond donors (Lipinski definition) is 1. The largest absolute Gasteiger partial charge is 0.463 e. The smallest absolute Gasteiger partial charge is 0.303 e. The zero-order valence-corrected chi connectivity index (χ0v) is 20.2. The van der Waals surface area contributed by atoms with Crippen LogP contribution in [0.25, 0.3) is 0 Å². The van der Waals surface area contributed by atoms with Crippen molar-refractivity contribution < 1.29 is 28.2 Å². The first-order chi connectivity index (χ1) is 14.3. The highest BCUT2D eigenvalue weighted by Crippen LogP contribution is 2.41. The summed E-state index contributed by atoms with van der Waals surface area (Å²) in [5.74, 6) is -0.684. The third kappa shape index (κ3) is 5.84. The molecule has 2 heterocycles. The predicted molar refractivity (Wildman–Crippen MR) is 114 cm³/mol. The van der Waals surface area contributed by atoms with Crippen LogP contribution in [0, 0.1) is 11.3 Å². The van der Waals surface area contributed by atoms with E-state index >= 15 is 0 Å². The second-order valence-corrected chi connectivity index (χ2v) is 13.9. The summed E-state index contributed by atoms with van der Waals surface area (Å²) in [7, 11) is -2.24. The summed E-state index contributed by atoms with van der Waals surface area (Å²) in [6, 6.07) is 2.16. The number of imidazole rings is 1. The van der Waals surface area contributed by atoms with Crippen molar-refractivity contribution in [3.05, 3.63) is 12.0 Å². The van der Waals surface area contributed by atoms with Crippen LogP contribution in [0.2, 0.25) is 18.1 Å². The molecule has 0 bridgehead atoms. The van der Waals surface area contributed by atoms with E-state index in [2.05, 4.69) is 31.8 Å². The summed E-state index contributed by atoms with van der Waals surface area (Å²) < 4.78 is 24.1. The van der Waals surface area contributed by atoms with E-state index in [1.165, 1.54) is 20.2 Å². The predicted octanol–water partition coefficient (Wildman–Crippen LogP) is 2.83. The first kappa shape index (κ1) is 24.8. The van der Waals surface area contributed by atoms with Crippen LogP contribution in [0.15, 0.2) is 6.33 Å². The molecule has 1 saturated heterocycles. The van der Waals surface area contributed by atoms with E-state index in [1.807, 2.05) is 13.1 Å². The van der Waals surface area contributed by atoms with Crippen LogP contribution in [0.4, 0.5) is 5.82 Å². The number of nitriles is 1. The van der Waals surface area contributed by atoms with Crippen LogP contribution in [0.1, 0.15) is 59.1 Å². The number of esters is 2. The van der Waals surface area contributed by atoms with Gasteiger partial charge < -0.3 is 24.4 Å². The number of rotatable bonds is 7. The summed E-state index contributed by atoms with van der Waals surface area (Å²) >= 11 is 0. The molecule has 2 unspecified atom stereocenters. The maximum Gasteiger partial charge on any atom is 0.303 e. The van der Waals surface area contributed by atoms with Gasteiger partial charge in [0, 0.05) is 20.3 Å². The van der Waals surface area contributed by atoms with Crippen molar-refractivity contribution in [3.8, 4) is 6.07 Å². The Balaban J connectivity index is 2.24. The molecule has 1 aromatic heterocycles. The van der Waals surface area contributed by atoms with Crippen molar-refractivity contribution >= 4 is 26.1 Å². The monoisotopic (exact) mass is 452 g/mol. The van der Waals surface area contributed by atoms with E-state index in [9.17, 15) is 14.9 Å². The highest BCUT2D eigenvalue weighted by Gasteiger charge is 2.42. The van der Waals surface area contributed by atoms with Gasteiger partial charge in [0.25, 0.3) is 0 Å². The molecule has 11 heteroatoms. The summed E-state index contributed by atoms with van der Waals surface area (Å²) in [5.41, 5.74) is 6.64. The Morgan fingerprint density at radius 2 is 2.03 bits per heavy atom. The lowest BCUT2D eigenvalue weighted by Crippen LogP contribution is -2.41. The number of nitrogens with two attached hydrogens (primary N) is 1. The molecule has 31 heavy (non-hydrogen) atoms. The minimum Gasteiger partial charge on any atom is -0.463 e. The van der Waals surface area contributed by atoms with Crippen molar-refractivity contribution in [2.24, 2.45) is 0 Å². The van der Waals surface area contributed by atoms with Gasteiger partial charge in [0.2, 0.25) is 0 Å². The van der Waals surface area contributed by atoms with Gasteiger partial charge >= 0.3 is 11.9 Å². The molecule has 0 saturated carbocycles. The first-order valence-corrected chi connectivity index (χ1v) is 13.0. The maximum atomic E-state index is 11.5. The number of nitrogens with zero attached hydrogens (tertiary/aromatic N) is 3. The Hall–Kier alpha value is -2.42. The Morgan fingerprint density at radius 1 is 1.39 bits per heavy atom. The number of anilines is 1. The number of ether oxygens (including phenoxy) is 3. The zero-order valence-electron chi connectivity index (χ0n) is 19.2. The van der Waals surface area contributed by atoms with Crippen LogP contribution >= 0.6 is 0 Å². The van der Waals surface area contributed by atoms with Crippen LogP contribution in [0.5, 0.6) is 0 Å². The Kier molecular flexibility index (Phi) is 7.51. The number of aromatic nitrogens is 2. The normalized spacial score (nSPS) is 22.6. The summed E-state index contributed by atoms with van der Waals surface area (Å²) in [6.45, 7) is 12.9. The van der Waals surface area contributed by atoms with Crippen molar-refractivity contribution in [2.75, 3.05) is 12.3 Å². The summed E-state index contributed by atoms with van der Waals surface area (Å²) in [5, 5.41) is 9.63. The zero-order chi connectivity index (χ0) is 23.6. The Morgan fingerprint density at radius 3 is 2.55 bits per heavy atom. The second-order valence-electron chi connectivity index (χ2n) is 9.12. The summed E-state index contributed by atoms with van der Waals surface area (Å²) in [6.07, 6.45) is -0.983. The first-order valence-electron chi connectivity index (χ1n) is 10.1. The Bertz CT molecular complexity index is 857. The highest BCUT2D eigenvalue weighted by atomic mass is 28.4. The van der Waals surface area contributed by atoms with E-state index in [-0.39, 0.29) is 17.5 Å². The van der Waals surface area contributed by atoms with Crippen LogP contribution in [0.3, 0.4) is 0 Å². The van der Waals surface area contributed by atoms with Crippen LogP contribution < -0.4 is 5.73 Å². The maximum absolute atomic E-state index is 11.5. The number of hydrogen-bond acceptors (Lipinski definition) is 9. The standard InChI is InChI=1S/C20H32N4O6Si/c1-12(25)27-10-16-14(28-13(2)26)8-17(29-16)24-11-23-18(19(24)22)15(9-21)30-31(6,7)20(3,4)5/h11,14-17H,8,10,22H2,1-7H3/t14?,15-,16+,17?/m0/s1. The number of nitrogen functional groups attached to an aromatic ring is 1. The molecule has 0 spiro atoms. The fourth-order valence-electron chi connectivity index (χ4n) is 2.99. The molecule has 1 aromatic rings. The quantitative estimate of drug-likeness (QED) is 0.488. The summed E-state index contributed by atoms with van der Waals surface area (Å²) in [4.78, 5) is 27.0. The Labute approximate surface area is 183 Å². The molecule has 10 nitrogen and oxygen atoms in total. The van der Waals surface area contributed by atoms with Gasteiger partial charge in [0.1, 0.15) is 42.6 Å². The van der Waals surface area contributed by atoms with Gasteiger partial charge in [-0.3, -0.25) is 14.2 Å². The molecule has 1 aliphatic heterocycles. The minimum atomic E-state index is -2.24. The van der Waals surface area contributed by atoms with E-state index < -0.39 is 44.8 Å². The molecule has 0 radical (unpaired) electrons. The third-order valence-corrected chi connectivity index (χ3v) is 10.1. The van der Waals surface area contributed by atoms with Crippen LogP contribution in [-0.2, 0) is 28.2 Å². The molecule has 1 fully saturated rings. The molecule has 2 N–H and O–H groups in total. The molecule has 2 rings (SSSR count). The SMILES string of the molecule is CC(=O)OC[C@H]1OC(n2cnc([C@H](C#N)O[Si](C)(C)C(C)(C)C)c2N)CC1OC(C)=O. The fourth-order valence-corrected chi connectivity index (χ4v) is 4.10. The van der Waals surface area contributed by atoms with Crippen molar-refractivity contribution in [3.63, 3.8) is 0 Å². The second kappa shape index (κ2) is 9.38. The average molecular weight is 453 g/mol. The van der Waals surface area contributed by atoms with Gasteiger partial charge in [0.05, 0.1) is 6.33 Å². The van der Waals surface area contributed by atoms with Crippen LogP contribution in [-0.4, -0.2) is 48.6 Å². The van der Waals surface area contributed by atoms with E-state index in [0.29, 0.717) is 12.1 Å². The molecule has 0 aromatic carbocycles. The molecule has 172 valence electrons. The van der Waals surface area contributed by atoms with Gasteiger partial charge in [-0.2, -0.15) is 5.26 Å². The molecule has 0 amide bonds. The van der Waals surface area contributed by atoms with E-state index in [0.717, 1.165) is 0 Å². The molecular formula is C20H32N4O6Si. The van der Waals surface area contributed by atoms with E-state index in [4.69, 9.17) is 24.4 Å². The lowest BCUT2D eigenvalue weighted by molar-refractivity contribution is -0.155.